The average molecular weight is 200 g/mol. The number of fused-ring (bicyclic) bond motifs is 1. The number of rotatable bonds is 1. The molecule has 0 amide bonds. The lowest BCUT2D eigenvalue weighted by molar-refractivity contribution is 0.0716. The van der Waals surface area contributed by atoms with E-state index in [-0.39, 0.29) is 5.97 Å². The molecular formula is C13H12O2. The summed E-state index contributed by atoms with van der Waals surface area (Å²) in [4.78, 5) is 11.4. The molecular weight excluding hydrogens is 188 g/mol. The second-order valence-corrected chi connectivity index (χ2v) is 3.71. The Labute approximate surface area is 88.9 Å². The van der Waals surface area contributed by atoms with E-state index in [0.717, 1.165) is 5.56 Å². The van der Waals surface area contributed by atoms with Gasteiger partial charge in [-0.05, 0) is 26.0 Å². The molecule has 1 aromatic rings. The van der Waals surface area contributed by atoms with E-state index < -0.39 is 0 Å². The van der Waals surface area contributed by atoms with E-state index in [0.29, 0.717) is 11.3 Å². The van der Waals surface area contributed by atoms with Crippen molar-refractivity contribution < 1.29 is 9.53 Å². The first-order valence-electron chi connectivity index (χ1n) is 4.85. The molecule has 1 aromatic carbocycles. The molecule has 0 aromatic heterocycles. The number of carbonyl (C=O) groups excluding carboxylic acids is 1. The van der Waals surface area contributed by atoms with Gasteiger partial charge in [0.25, 0.3) is 0 Å². The molecule has 15 heavy (non-hydrogen) atoms. The monoisotopic (exact) mass is 200 g/mol. The summed E-state index contributed by atoms with van der Waals surface area (Å²) in [7, 11) is 0. The maximum atomic E-state index is 11.4. The summed E-state index contributed by atoms with van der Waals surface area (Å²) in [6.45, 7) is 4.00. The molecule has 1 aliphatic heterocycles. The van der Waals surface area contributed by atoms with Crippen LogP contribution in [0.5, 0.6) is 0 Å². The molecule has 0 spiro atoms. The van der Waals surface area contributed by atoms with Gasteiger partial charge in [-0.3, -0.25) is 0 Å². The number of cyclic esters (lactones) is 1. The highest BCUT2D eigenvalue weighted by Gasteiger charge is 2.24. The van der Waals surface area contributed by atoms with Crippen LogP contribution in [-0.4, -0.2) is 5.97 Å². The molecule has 1 heterocycles. The van der Waals surface area contributed by atoms with Crippen LogP contribution in [0.4, 0.5) is 0 Å². The minimum atomic E-state index is -0.265. The molecule has 2 nitrogen and oxygen atoms in total. The molecule has 2 rings (SSSR count). The van der Waals surface area contributed by atoms with E-state index >= 15 is 0 Å². The van der Waals surface area contributed by atoms with Crippen LogP contribution >= 0.6 is 0 Å². The minimum absolute atomic E-state index is 0.265. The molecule has 76 valence electrons. The molecule has 0 N–H and O–H groups in total. The quantitative estimate of drug-likeness (QED) is 0.651. The van der Waals surface area contributed by atoms with Crippen molar-refractivity contribution in [2.45, 2.75) is 13.8 Å². The number of esters is 1. The molecule has 0 fully saturated rings. The number of allylic oxidation sites excluding steroid dienone is 3. The zero-order chi connectivity index (χ0) is 10.8. The Hall–Kier alpha value is -1.83. The molecule has 2 heteroatoms. The highest BCUT2D eigenvalue weighted by atomic mass is 16.5. The number of benzene rings is 1. The third-order valence-corrected chi connectivity index (χ3v) is 2.18. The Morgan fingerprint density at radius 1 is 1.20 bits per heavy atom. The summed E-state index contributed by atoms with van der Waals surface area (Å²) in [5, 5.41) is 0. The van der Waals surface area contributed by atoms with Crippen LogP contribution in [-0.2, 0) is 4.74 Å². The second-order valence-electron chi connectivity index (χ2n) is 3.71. The van der Waals surface area contributed by atoms with Gasteiger partial charge >= 0.3 is 5.97 Å². The van der Waals surface area contributed by atoms with Gasteiger partial charge in [-0.25, -0.2) is 4.79 Å². The van der Waals surface area contributed by atoms with Gasteiger partial charge in [0.05, 0.1) is 5.56 Å². The normalized spacial score (nSPS) is 16.1. The summed E-state index contributed by atoms with van der Waals surface area (Å²) in [6.07, 6.45) is 3.77. The second kappa shape index (κ2) is 3.73. The van der Waals surface area contributed by atoms with E-state index in [9.17, 15) is 4.79 Å². The Morgan fingerprint density at radius 2 is 1.87 bits per heavy atom. The van der Waals surface area contributed by atoms with Crippen molar-refractivity contribution in [3.05, 3.63) is 53.1 Å². The summed E-state index contributed by atoms with van der Waals surface area (Å²) >= 11 is 0. The predicted molar refractivity (Wildman–Crippen MR) is 59.3 cm³/mol. The van der Waals surface area contributed by atoms with Crippen LogP contribution < -0.4 is 0 Å². The predicted octanol–water partition coefficient (Wildman–Crippen LogP) is 3.16. The summed E-state index contributed by atoms with van der Waals surface area (Å²) in [6, 6.07) is 7.41. The Kier molecular flexibility index (Phi) is 2.42. The SMILES string of the molecule is CC(C)=C/C=C1/OC(=O)c2ccccc21. The Morgan fingerprint density at radius 3 is 2.53 bits per heavy atom. The fraction of sp³-hybridized carbons (Fsp3) is 0.154. The van der Waals surface area contributed by atoms with Crippen LogP contribution in [0.2, 0.25) is 0 Å². The number of hydrogen-bond donors (Lipinski definition) is 0. The van der Waals surface area contributed by atoms with Gasteiger partial charge in [-0.15, -0.1) is 0 Å². The van der Waals surface area contributed by atoms with Gasteiger partial charge in [-0.1, -0.05) is 29.8 Å². The minimum Gasteiger partial charge on any atom is -0.422 e. The zero-order valence-electron chi connectivity index (χ0n) is 8.78. The molecule has 0 aliphatic carbocycles. The largest absolute Gasteiger partial charge is 0.422 e. The summed E-state index contributed by atoms with van der Waals surface area (Å²) in [5.74, 6) is 0.371. The van der Waals surface area contributed by atoms with Gasteiger partial charge in [0.1, 0.15) is 5.76 Å². The van der Waals surface area contributed by atoms with Crippen LogP contribution in [0, 0.1) is 0 Å². The van der Waals surface area contributed by atoms with Crippen molar-refractivity contribution in [2.24, 2.45) is 0 Å². The lowest BCUT2D eigenvalue weighted by Crippen LogP contribution is -1.92. The van der Waals surface area contributed by atoms with Crippen molar-refractivity contribution in [3.63, 3.8) is 0 Å². The van der Waals surface area contributed by atoms with Crippen LogP contribution in [0.15, 0.2) is 42.0 Å². The van der Waals surface area contributed by atoms with Gasteiger partial charge in [-0.2, -0.15) is 0 Å². The molecule has 1 aliphatic rings. The Balaban J connectivity index is 2.45. The van der Waals surface area contributed by atoms with Crippen LogP contribution in [0.1, 0.15) is 29.8 Å². The van der Waals surface area contributed by atoms with E-state index in [1.54, 1.807) is 6.07 Å². The maximum Gasteiger partial charge on any atom is 0.344 e. The topological polar surface area (TPSA) is 26.3 Å². The van der Waals surface area contributed by atoms with Crippen LogP contribution in [0.25, 0.3) is 5.76 Å². The fourth-order valence-electron chi connectivity index (χ4n) is 1.45. The molecule has 0 saturated heterocycles. The van der Waals surface area contributed by atoms with Gasteiger partial charge in [0, 0.05) is 5.56 Å². The molecule has 0 saturated carbocycles. The first-order valence-corrected chi connectivity index (χ1v) is 4.85. The van der Waals surface area contributed by atoms with Crippen LogP contribution in [0.3, 0.4) is 0 Å². The molecule has 0 atom stereocenters. The van der Waals surface area contributed by atoms with Gasteiger partial charge < -0.3 is 4.74 Å². The molecule has 0 bridgehead atoms. The highest BCUT2D eigenvalue weighted by Crippen LogP contribution is 2.29. The highest BCUT2D eigenvalue weighted by molar-refractivity contribution is 6.03. The lowest BCUT2D eigenvalue weighted by Gasteiger charge is -1.95. The first-order chi connectivity index (χ1) is 7.18. The maximum absolute atomic E-state index is 11.4. The standard InChI is InChI=1S/C13H12O2/c1-9(2)7-8-12-10-5-3-4-6-11(10)13(14)15-12/h3-8H,1-2H3/b12-8+. The summed E-state index contributed by atoms with van der Waals surface area (Å²) in [5.41, 5.74) is 2.69. The third-order valence-electron chi connectivity index (χ3n) is 2.18. The smallest absolute Gasteiger partial charge is 0.344 e. The van der Waals surface area contributed by atoms with Gasteiger partial charge in [0.2, 0.25) is 0 Å². The number of carbonyl (C=O) groups is 1. The Bertz CT molecular complexity index is 463. The zero-order valence-corrected chi connectivity index (χ0v) is 8.78. The van der Waals surface area contributed by atoms with E-state index in [1.807, 2.05) is 44.2 Å². The van der Waals surface area contributed by atoms with Crippen molar-refractivity contribution >= 4 is 11.7 Å². The van der Waals surface area contributed by atoms with Crippen molar-refractivity contribution in [1.29, 1.82) is 0 Å². The molecule has 0 unspecified atom stereocenters. The third kappa shape index (κ3) is 1.84. The van der Waals surface area contributed by atoms with Crippen molar-refractivity contribution in [2.75, 3.05) is 0 Å². The van der Waals surface area contributed by atoms with Crippen molar-refractivity contribution in [3.8, 4) is 0 Å². The fourth-order valence-corrected chi connectivity index (χ4v) is 1.45. The average Bonchev–Trinajstić information content (AvgIpc) is 2.54. The number of hydrogen-bond acceptors (Lipinski definition) is 2. The van der Waals surface area contributed by atoms with E-state index in [1.165, 1.54) is 5.57 Å². The molecule has 0 radical (unpaired) electrons. The van der Waals surface area contributed by atoms with Gasteiger partial charge in [0.15, 0.2) is 0 Å². The summed E-state index contributed by atoms with van der Waals surface area (Å²) < 4.78 is 5.16. The first kappa shape index (κ1) is 9.71. The van der Waals surface area contributed by atoms with E-state index in [2.05, 4.69) is 0 Å². The van der Waals surface area contributed by atoms with E-state index in [4.69, 9.17) is 4.74 Å². The number of ether oxygens (including phenoxy) is 1. The lowest BCUT2D eigenvalue weighted by atomic mass is 10.1. The van der Waals surface area contributed by atoms with Crippen molar-refractivity contribution in [1.82, 2.24) is 0 Å².